The second-order valence-corrected chi connectivity index (χ2v) is 4.78. The van der Waals surface area contributed by atoms with Gasteiger partial charge < -0.3 is 10.2 Å². The maximum atomic E-state index is 5.81. The van der Waals surface area contributed by atoms with Gasteiger partial charge >= 0.3 is 0 Å². The highest BCUT2D eigenvalue weighted by Gasteiger charge is 2.33. The standard InChI is InChI=1S/C12H20N2O/c1-12(6-2-3-7-12)10-9-14-11(15-10)5-4-8-13/h9H,2-8,13H2,1H3. The smallest absolute Gasteiger partial charge is 0.194 e. The normalized spacial score (nSPS) is 19.6. The van der Waals surface area contributed by atoms with E-state index in [1.807, 2.05) is 6.20 Å². The lowest BCUT2D eigenvalue weighted by Crippen LogP contribution is -2.15. The average molecular weight is 208 g/mol. The van der Waals surface area contributed by atoms with Crippen LogP contribution in [0.25, 0.3) is 0 Å². The van der Waals surface area contributed by atoms with Crippen molar-refractivity contribution in [2.45, 2.75) is 50.9 Å². The van der Waals surface area contributed by atoms with Gasteiger partial charge in [-0.15, -0.1) is 0 Å². The van der Waals surface area contributed by atoms with Crippen molar-refractivity contribution >= 4 is 0 Å². The van der Waals surface area contributed by atoms with Crippen molar-refractivity contribution in [1.29, 1.82) is 0 Å². The monoisotopic (exact) mass is 208 g/mol. The van der Waals surface area contributed by atoms with Crippen LogP contribution in [0.3, 0.4) is 0 Å². The lowest BCUT2D eigenvalue weighted by molar-refractivity contribution is 0.347. The third-order valence-corrected chi connectivity index (χ3v) is 3.45. The zero-order valence-electron chi connectivity index (χ0n) is 9.46. The van der Waals surface area contributed by atoms with Crippen LogP contribution in [-0.2, 0) is 11.8 Å². The molecule has 1 aliphatic carbocycles. The maximum absolute atomic E-state index is 5.81. The van der Waals surface area contributed by atoms with Crippen LogP contribution in [0.15, 0.2) is 10.6 Å². The predicted octanol–water partition coefficient (Wildman–Crippen LogP) is 2.40. The van der Waals surface area contributed by atoms with Gasteiger partial charge in [-0.2, -0.15) is 0 Å². The first-order valence-corrected chi connectivity index (χ1v) is 5.90. The van der Waals surface area contributed by atoms with E-state index in [0.29, 0.717) is 6.54 Å². The second-order valence-electron chi connectivity index (χ2n) is 4.78. The van der Waals surface area contributed by atoms with Crippen molar-refractivity contribution in [2.75, 3.05) is 6.54 Å². The molecule has 15 heavy (non-hydrogen) atoms. The number of oxazole rings is 1. The SMILES string of the molecule is CC1(c2cnc(CCCN)o2)CCCC1. The fourth-order valence-corrected chi connectivity index (χ4v) is 2.36. The molecule has 0 spiro atoms. The summed E-state index contributed by atoms with van der Waals surface area (Å²) in [6, 6.07) is 0. The number of rotatable bonds is 4. The van der Waals surface area contributed by atoms with Crippen LogP contribution >= 0.6 is 0 Å². The van der Waals surface area contributed by atoms with Gasteiger partial charge in [-0.3, -0.25) is 0 Å². The van der Waals surface area contributed by atoms with E-state index in [0.717, 1.165) is 24.5 Å². The fraction of sp³-hybridized carbons (Fsp3) is 0.750. The van der Waals surface area contributed by atoms with E-state index in [1.54, 1.807) is 0 Å². The maximum Gasteiger partial charge on any atom is 0.194 e. The minimum absolute atomic E-state index is 0.244. The predicted molar refractivity (Wildman–Crippen MR) is 59.7 cm³/mol. The summed E-state index contributed by atoms with van der Waals surface area (Å²) in [7, 11) is 0. The van der Waals surface area contributed by atoms with Crippen LogP contribution in [0.2, 0.25) is 0 Å². The topological polar surface area (TPSA) is 52.0 Å². The summed E-state index contributed by atoms with van der Waals surface area (Å²) in [5.74, 6) is 1.93. The van der Waals surface area contributed by atoms with Crippen molar-refractivity contribution in [3.05, 3.63) is 17.8 Å². The van der Waals surface area contributed by atoms with E-state index in [4.69, 9.17) is 10.2 Å². The molecule has 0 atom stereocenters. The van der Waals surface area contributed by atoms with E-state index in [9.17, 15) is 0 Å². The van der Waals surface area contributed by atoms with Crippen molar-refractivity contribution in [2.24, 2.45) is 5.73 Å². The number of aryl methyl sites for hydroxylation is 1. The van der Waals surface area contributed by atoms with Gasteiger partial charge in [0.25, 0.3) is 0 Å². The van der Waals surface area contributed by atoms with Crippen LogP contribution in [0.4, 0.5) is 0 Å². The fourth-order valence-electron chi connectivity index (χ4n) is 2.36. The van der Waals surface area contributed by atoms with Gasteiger partial charge in [-0.25, -0.2) is 4.98 Å². The van der Waals surface area contributed by atoms with Crippen molar-refractivity contribution in [3.63, 3.8) is 0 Å². The second kappa shape index (κ2) is 4.35. The molecule has 1 saturated carbocycles. The van der Waals surface area contributed by atoms with Gasteiger partial charge in [-0.1, -0.05) is 19.8 Å². The molecule has 0 amide bonds. The highest BCUT2D eigenvalue weighted by molar-refractivity contribution is 5.11. The molecular formula is C12H20N2O. The van der Waals surface area contributed by atoms with E-state index in [-0.39, 0.29) is 5.41 Å². The molecular weight excluding hydrogens is 188 g/mol. The first kappa shape index (κ1) is 10.7. The average Bonchev–Trinajstić information content (AvgIpc) is 2.84. The minimum Gasteiger partial charge on any atom is -0.445 e. The molecule has 0 unspecified atom stereocenters. The van der Waals surface area contributed by atoms with Gasteiger partial charge in [0.15, 0.2) is 5.89 Å². The molecule has 1 aromatic rings. The van der Waals surface area contributed by atoms with Crippen molar-refractivity contribution < 1.29 is 4.42 Å². The quantitative estimate of drug-likeness (QED) is 0.826. The van der Waals surface area contributed by atoms with E-state index in [2.05, 4.69) is 11.9 Å². The zero-order chi connectivity index (χ0) is 10.7. The Hall–Kier alpha value is -0.830. The summed E-state index contributed by atoms with van der Waals surface area (Å²) in [4.78, 5) is 4.32. The van der Waals surface area contributed by atoms with Gasteiger partial charge in [0.05, 0.1) is 6.20 Å². The largest absolute Gasteiger partial charge is 0.445 e. The van der Waals surface area contributed by atoms with Crippen molar-refractivity contribution in [3.8, 4) is 0 Å². The Morgan fingerprint density at radius 1 is 1.47 bits per heavy atom. The number of nitrogens with zero attached hydrogens (tertiary/aromatic N) is 1. The van der Waals surface area contributed by atoms with E-state index in [1.165, 1.54) is 25.7 Å². The van der Waals surface area contributed by atoms with Gasteiger partial charge in [0.1, 0.15) is 5.76 Å². The van der Waals surface area contributed by atoms with E-state index >= 15 is 0 Å². The molecule has 3 nitrogen and oxygen atoms in total. The molecule has 2 rings (SSSR count). The third-order valence-electron chi connectivity index (χ3n) is 3.45. The van der Waals surface area contributed by atoms with Crippen LogP contribution in [0, 0.1) is 0 Å². The van der Waals surface area contributed by atoms with Gasteiger partial charge in [0.2, 0.25) is 0 Å². The molecule has 84 valence electrons. The van der Waals surface area contributed by atoms with Gasteiger partial charge in [0, 0.05) is 11.8 Å². The molecule has 2 N–H and O–H groups in total. The number of hydrogen-bond acceptors (Lipinski definition) is 3. The number of hydrogen-bond donors (Lipinski definition) is 1. The first-order valence-electron chi connectivity index (χ1n) is 5.90. The molecule has 0 bridgehead atoms. The Kier molecular flexibility index (Phi) is 3.10. The van der Waals surface area contributed by atoms with Crippen LogP contribution in [-0.4, -0.2) is 11.5 Å². The zero-order valence-corrected chi connectivity index (χ0v) is 9.46. The molecule has 0 saturated heterocycles. The Balaban J connectivity index is 2.05. The summed E-state index contributed by atoms with van der Waals surface area (Å²) in [6.45, 7) is 2.99. The van der Waals surface area contributed by atoms with Crippen LogP contribution < -0.4 is 5.73 Å². The Bertz CT molecular complexity index is 313. The number of aromatic nitrogens is 1. The first-order chi connectivity index (χ1) is 7.24. The summed E-state index contributed by atoms with van der Waals surface area (Å²) in [6.07, 6.45) is 8.84. The molecule has 0 aliphatic heterocycles. The molecule has 1 heterocycles. The molecule has 0 aromatic carbocycles. The molecule has 1 fully saturated rings. The van der Waals surface area contributed by atoms with Crippen molar-refractivity contribution in [1.82, 2.24) is 4.98 Å². The number of nitrogens with two attached hydrogens (primary N) is 1. The van der Waals surface area contributed by atoms with E-state index < -0.39 is 0 Å². The lowest BCUT2D eigenvalue weighted by atomic mass is 9.87. The molecule has 3 heteroatoms. The Morgan fingerprint density at radius 2 is 2.20 bits per heavy atom. The lowest BCUT2D eigenvalue weighted by Gasteiger charge is -2.19. The molecule has 1 aromatic heterocycles. The summed E-state index contributed by atoms with van der Waals surface area (Å²) in [5.41, 5.74) is 5.71. The van der Waals surface area contributed by atoms with Crippen LogP contribution in [0.1, 0.15) is 50.7 Å². The Morgan fingerprint density at radius 3 is 2.87 bits per heavy atom. The third kappa shape index (κ3) is 2.23. The highest BCUT2D eigenvalue weighted by atomic mass is 16.4. The van der Waals surface area contributed by atoms with Gasteiger partial charge in [-0.05, 0) is 25.8 Å². The Labute approximate surface area is 91.1 Å². The summed E-state index contributed by atoms with van der Waals surface area (Å²) in [5, 5.41) is 0. The molecule has 0 radical (unpaired) electrons. The summed E-state index contributed by atoms with van der Waals surface area (Å²) < 4.78 is 5.81. The highest BCUT2D eigenvalue weighted by Crippen LogP contribution is 2.40. The molecule has 1 aliphatic rings. The minimum atomic E-state index is 0.244. The summed E-state index contributed by atoms with van der Waals surface area (Å²) >= 11 is 0. The van der Waals surface area contributed by atoms with Crippen LogP contribution in [0.5, 0.6) is 0 Å².